The molecule has 0 unspecified atom stereocenters. The molecule has 0 atom stereocenters. The minimum atomic E-state index is 0.910. The Hall–Kier alpha value is -7.62. The molecule has 264 valence electrons. The van der Waals surface area contributed by atoms with E-state index in [0.717, 1.165) is 60.4 Å². The van der Waals surface area contributed by atoms with Gasteiger partial charge in [-0.05, 0) is 89.5 Å². The van der Waals surface area contributed by atoms with Crippen molar-refractivity contribution >= 4 is 76.1 Å². The molecule has 10 aromatic carbocycles. The highest BCUT2D eigenvalue weighted by atomic mass is 16.3. The van der Waals surface area contributed by atoms with Crippen LogP contribution in [0, 0.1) is 0 Å². The predicted octanol–water partition coefficient (Wildman–Crippen LogP) is 14.8. The summed E-state index contributed by atoms with van der Waals surface area (Å²) in [4.78, 5) is 9.58. The molecule has 12 aromatic rings. The first kappa shape index (κ1) is 31.7. The Bertz CT molecular complexity index is 3560. The van der Waals surface area contributed by atoms with Crippen LogP contribution in [0.25, 0.3) is 121 Å². The molecule has 0 saturated heterocycles. The van der Waals surface area contributed by atoms with Crippen LogP contribution in [0.5, 0.6) is 0 Å². The van der Waals surface area contributed by atoms with Crippen LogP contribution >= 0.6 is 0 Å². The molecule has 12 rings (SSSR count). The number of rotatable bonds is 4. The van der Waals surface area contributed by atoms with Gasteiger partial charge in [-0.25, -0.2) is 0 Å². The molecule has 57 heavy (non-hydrogen) atoms. The summed E-state index contributed by atoms with van der Waals surface area (Å²) < 4.78 is 6.50. The van der Waals surface area contributed by atoms with E-state index in [9.17, 15) is 0 Å². The maximum absolute atomic E-state index is 6.50. The second kappa shape index (κ2) is 12.5. The van der Waals surface area contributed by atoms with Gasteiger partial charge < -0.3 is 4.42 Å². The summed E-state index contributed by atoms with van der Waals surface area (Å²) in [7, 11) is 0. The average molecular weight is 725 g/mol. The maximum Gasteiger partial charge on any atom is 0.143 e. The van der Waals surface area contributed by atoms with Gasteiger partial charge in [0, 0.05) is 39.5 Å². The zero-order valence-corrected chi connectivity index (χ0v) is 30.8. The van der Waals surface area contributed by atoms with Crippen molar-refractivity contribution in [1.82, 2.24) is 9.97 Å². The van der Waals surface area contributed by atoms with E-state index in [-0.39, 0.29) is 0 Å². The van der Waals surface area contributed by atoms with E-state index >= 15 is 0 Å². The Morgan fingerprint density at radius 2 is 0.772 bits per heavy atom. The van der Waals surface area contributed by atoms with Crippen molar-refractivity contribution in [3.05, 3.63) is 194 Å². The first-order valence-electron chi connectivity index (χ1n) is 19.4. The molecular weight excluding hydrogens is 693 g/mol. The SMILES string of the molecule is c1cc(-c2ccc3c4ccccc4c4nccnc4c3c2)cc(-c2cccc3c(-c4ccc(-c5cccc6c5oc5ccccc56)c5ccccc45)cccc23)c1. The van der Waals surface area contributed by atoms with Gasteiger partial charge in [0.15, 0.2) is 0 Å². The van der Waals surface area contributed by atoms with Gasteiger partial charge in [0.25, 0.3) is 0 Å². The van der Waals surface area contributed by atoms with E-state index < -0.39 is 0 Å². The monoisotopic (exact) mass is 724 g/mol. The van der Waals surface area contributed by atoms with Crippen molar-refractivity contribution in [3.8, 4) is 44.5 Å². The Morgan fingerprint density at radius 1 is 0.281 bits per heavy atom. The molecule has 0 aliphatic carbocycles. The van der Waals surface area contributed by atoms with Crippen LogP contribution in [0.4, 0.5) is 0 Å². The highest BCUT2D eigenvalue weighted by Gasteiger charge is 2.18. The fraction of sp³-hybridized carbons (Fsp3) is 0. The molecule has 0 aliphatic heterocycles. The summed E-state index contributed by atoms with van der Waals surface area (Å²) in [6.45, 7) is 0. The molecule has 0 saturated carbocycles. The molecule has 0 amide bonds. The average Bonchev–Trinajstić information content (AvgIpc) is 3.67. The Balaban J connectivity index is 0.988. The molecule has 2 heterocycles. The molecule has 3 nitrogen and oxygen atoms in total. The summed E-state index contributed by atoms with van der Waals surface area (Å²) >= 11 is 0. The second-order valence-electron chi connectivity index (χ2n) is 14.8. The van der Waals surface area contributed by atoms with Crippen molar-refractivity contribution < 1.29 is 4.42 Å². The van der Waals surface area contributed by atoms with E-state index in [1.54, 1.807) is 12.4 Å². The number of hydrogen-bond acceptors (Lipinski definition) is 3. The fourth-order valence-corrected chi connectivity index (χ4v) is 9.20. The first-order valence-corrected chi connectivity index (χ1v) is 19.4. The van der Waals surface area contributed by atoms with E-state index in [2.05, 4.69) is 170 Å². The minimum absolute atomic E-state index is 0.910. The third kappa shape index (κ3) is 4.86. The van der Waals surface area contributed by atoms with Gasteiger partial charge in [0.05, 0.1) is 11.0 Å². The van der Waals surface area contributed by atoms with Gasteiger partial charge in [-0.15, -0.1) is 0 Å². The summed E-state index contributed by atoms with van der Waals surface area (Å²) in [5.41, 5.74) is 13.1. The first-order chi connectivity index (χ1) is 28.3. The zero-order chi connectivity index (χ0) is 37.5. The van der Waals surface area contributed by atoms with Crippen LogP contribution in [0.15, 0.2) is 199 Å². The van der Waals surface area contributed by atoms with Crippen molar-refractivity contribution in [1.29, 1.82) is 0 Å². The molecule has 0 aliphatic rings. The molecular formula is C54H32N2O. The smallest absolute Gasteiger partial charge is 0.143 e. The van der Waals surface area contributed by atoms with Crippen LogP contribution in [-0.4, -0.2) is 9.97 Å². The van der Waals surface area contributed by atoms with Gasteiger partial charge in [0.1, 0.15) is 11.2 Å². The number of nitrogens with zero attached hydrogens (tertiary/aromatic N) is 2. The number of benzene rings is 10. The molecule has 3 heteroatoms. The number of aromatic nitrogens is 2. The highest BCUT2D eigenvalue weighted by molar-refractivity contribution is 6.23. The van der Waals surface area contributed by atoms with E-state index in [1.807, 2.05) is 12.1 Å². The van der Waals surface area contributed by atoms with E-state index in [1.165, 1.54) is 60.1 Å². The molecule has 2 aromatic heterocycles. The Kier molecular flexibility index (Phi) is 6.93. The standard InChI is InChI=1S/C54H32N2O/c1-2-14-39-38(13-1)43(27-28-44(39)48-22-10-23-49-46-16-5-6-24-51(46)57-54(48)49)41-21-9-19-37-36(18-8-20-40(37)41)35-12-7-11-33(31-35)34-25-26-45-42-15-3-4-17-47(42)52-53(50(45)32-34)56-30-29-55-52/h1-32H. The van der Waals surface area contributed by atoms with Gasteiger partial charge >= 0.3 is 0 Å². The van der Waals surface area contributed by atoms with Crippen LogP contribution < -0.4 is 0 Å². The number of fused-ring (bicyclic) bond motifs is 11. The molecule has 0 fully saturated rings. The lowest BCUT2D eigenvalue weighted by atomic mass is 9.88. The summed E-state index contributed by atoms with van der Waals surface area (Å²) in [5, 5.41) is 11.8. The number of hydrogen-bond donors (Lipinski definition) is 0. The van der Waals surface area contributed by atoms with Gasteiger partial charge in [-0.2, -0.15) is 0 Å². The third-order valence-electron chi connectivity index (χ3n) is 11.8. The van der Waals surface area contributed by atoms with E-state index in [0.29, 0.717) is 0 Å². The normalized spacial score (nSPS) is 11.9. The fourth-order valence-electron chi connectivity index (χ4n) is 9.20. The number of para-hydroxylation sites is 2. The van der Waals surface area contributed by atoms with Crippen molar-refractivity contribution in [3.63, 3.8) is 0 Å². The lowest BCUT2D eigenvalue weighted by Crippen LogP contribution is -1.90. The minimum Gasteiger partial charge on any atom is -0.455 e. The van der Waals surface area contributed by atoms with Crippen molar-refractivity contribution in [2.75, 3.05) is 0 Å². The highest BCUT2D eigenvalue weighted by Crippen LogP contribution is 2.44. The zero-order valence-electron chi connectivity index (χ0n) is 30.8. The number of furan rings is 1. The topological polar surface area (TPSA) is 38.9 Å². The third-order valence-corrected chi connectivity index (χ3v) is 11.8. The van der Waals surface area contributed by atoms with Crippen molar-refractivity contribution in [2.24, 2.45) is 0 Å². The largest absolute Gasteiger partial charge is 0.455 e. The lowest BCUT2D eigenvalue weighted by Gasteiger charge is -2.16. The summed E-state index contributed by atoms with van der Waals surface area (Å²) in [6, 6.07) is 65.7. The summed E-state index contributed by atoms with van der Waals surface area (Å²) in [6.07, 6.45) is 3.57. The van der Waals surface area contributed by atoms with Crippen LogP contribution in [-0.2, 0) is 0 Å². The van der Waals surface area contributed by atoms with Gasteiger partial charge in [-0.1, -0.05) is 164 Å². The predicted molar refractivity (Wildman–Crippen MR) is 239 cm³/mol. The molecule has 0 spiro atoms. The van der Waals surface area contributed by atoms with Gasteiger partial charge in [-0.3, -0.25) is 9.97 Å². The molecule has 0 radical (unpaired) electrons. The van der Waals surface area contributed by atoms with Crippen LogP contribution in [0.2, 0.25) is 0 Å². The Morgan fingerprint density at radius 3 is 1.54 bits per heavy atom. The molecule has 0 bridgehead atoms. The molecule has 0 N–H and O–H groups in total. The van der Waals surface area contributed by atoms with Crippen LogP contribution in [0.3, 0.4) is 0 Å². The maximum atomic E-state index is 6.50. The Labute approximate surface area is 328 Å². The summed E-state index contributed by atoms with van der Waals surface area (Å²) in [5.74, 6) is 0. The van der Waals surface area contributed by atoms with Crippen molar-refractivity contribution in [2.45, 2.75) is 0 Å². The van der Waals surface area contributed by atoms with E-state index in [4.69, 9.17) is 14.4 Å². The van der Waals surface area contributed by atoms with Crippen LogP contribution in [0.1, 0.15) is 0 Å². The quantitative estimate of drug-likeness (QED) is 0.170. The second-order valence-corrected chi connectivity index (χ2v) is 14.8. The lowest BCUT2D eigenvalue weighted by molar-refractivity contribution is 0.670. The van der Waals surface area contributed by atoms with Gasteiger partial charge in [0.2, 0.25) is 0 Å².